The van der Waals surface area contributed by atoms with Crippen LogP contribution in [0.2, 0.25) is 0 Å². The van der Waals surface area contributed by atoms with Crippen LogP contribution in [0.1, 0.15) is 63.4 Å². The molecule has 0 fully saturated rings. The van der Waals surface area contributed by atoms with Gasteiger partial charge in [-0.15, -0.1) is 0 Å². The molecule has 0 radical (unpaired) electrons. The number of benzene rings is 1. The Balaban J connectivity index is 0.000000462. The van der Waals surface area contributed by atoms with Gasteiger partial charge in [0.1, 0.15) is 6.04 Å². The standard InChI is InChI=1S/C11H26N2.C9H11NO2/c12-10-8-6-4-2-1-3-5-7-9-11-13;10-8(9(11)12)6-7-4-2-1-3-5-7/h1-13H2;1-5,8H,6,10H2,(H,11,12)/t;8-/m.0/s1. The second-order valence-corrected chi connectivity index (χ2v) is 6.39. The van der Waals surface area contributed by atoms with Gasteiger partial charge in [0.25, 0.3) is 0 Å². The van der Waals surface area contributed by atoms with Crippen molar-refractivity contribution in [1.29, 1.82) is 0 Å². The first-order chi connectivity index (χ1) is 12.1. The van der Waals surface area contributed by atoms with Gasteiger partial charge in [-0.2, -0.15) is 0 Å². The van der Waals surface area contributed by atoms with E-state index >= 15 is 0 Å². The van der Waals surface area contributed by atoms with E-state index in [1.807, 2.05) is 30.3 Å². The van der Waals surface area contributed by atoms with Crippen molar-refractivity contribution in [3.63, 3.8) is 0 Å². The first-order valence-electron chi connectivity index (χ1n) is 9.54. The molecule has 5 heteroatoms. The maximum atomic E-state index is 10.4. The average molecular weight is 352 g/mol. The third kappa shape index (κ3) is 15.8. The van der Waals surface area contributed by atoms with Gasteiger partial charge < -0.3 is 22.3 Å². The SMILES string of the molecule is NCCCCCCCCCCCN.N[C@@H](Cc1ccccc1)C(=O)O. The van der Waals surface area contributed by atoms with Crippen molar-refractivity contribution in [2.75, 3.05) is 13.1 Å². The molecular weight excluding hydrogens is 314 g/mol. The zero-order valence-corrected chi connectivity index (χ0v) is 15.5. The number of rotatable bonds is 13. The van der Waals surface area contributed by atoms with Crippen molar-refractivity contribution in [2.24, 2.45) is 17.2 Å². The van der Waals surface area contributed by atoms with E-state index in [1.165, 1.54) is 57.8 Å². The third-order valence-corrected chi connectivity index (χ3v) is 4.02. The number of carbonyl (C=O) groups is 1. The number of carboxylic acids is 1. The smallest absolute Gasteiger partial charge is 0.320 e. The Morgan fingerprint density at radius 2 is 1.20 bits per heavy atom. The number of nitrogens with two attached hydrogens (primary N) is 3. The van der Waals surface area contributed by atoms with Gasteiger partial charge in [0.15, 0.2) is 0 Å². The van der Waals surface area contributed by atoms with Crippen LogP contribution in [-0.2, 0) is 11.2 Å². The van der Waals surface area contributed by atoms with E-state index in [2.05, 4.69) is 0 Å². The van der Waals surface area contributed by atoms with Crippen molar-refractivity contribution in [3.05, 3.63) is 35.9 Å². The van der Waals surface area contributed by atoms with Crippen LogP contribution in [0.4, 0.5) is 0 Å². The van der Waals surface area contributed by atoms with Crippen molar-refractivity contribution < 1.29 is 9.90 Å². The molecule has 0 amide bonds. The summed E-state index contributed by atoms with van der Waals surface area (Å²) in [6, 6.07) is 8.54. The molecular formula is C20H37N3O2. The van der Waals surface area contributed by atoms with Crippen LogP contribution in [0.3, 0.4) is 0 Å². The molecule has 0 heterocycles. The van der Waals surface area contributed by atoms with E-state index in [4.69, 9.17) is 22.3 Å². The van der Waals surface area contributed by atoms with Crippen LogP contribution in [0.25, 0.3) is 0 Å². The van der Waals surface area contributed by atoms with Gasteiger partial charge in [-0.05, 0) is 37.9 Å². The molecule has 0 unspecified atom stereocenters. The van der Waals surface area contributed by atoms with Gasteiger partial charge in [0, 0.05) is 0 Å². The number of carboxylic acid groups (broad SMARTS) is 1. The first-order valence-corrected chi connectivity index (χ1v) is 9.54. The minimum atomic E-state index is -0.959. The van der Waals surface area contributed by atoms with E-state index in [9.17, 15) is 4.79 Å². The lowest BCUT2D eigenvalue weighted by Gasteiger charge is -2.04. The Morgan fingerprint density at radius 1 is 0.800 bits per heavy atom. The predicted octanol–water partition coefficient (Wildman–Crippen LogP) is 3.06. The Bertz CT molecular complexity index is 403. The molecule has 1 atom stereocenters. The number of hydrogen-bond donors (Lipinski definition) is 4. The van der Waals surface area contributed by atoms with Crippen molar-refractivity contribution >= 4 is 5.97 Å². The van der Waals surface area contributed by atoms with E-state index in [-0.39, 0.29) is 0 Å². The monoisotopic (exact) mass is 351 g/mol. The number of hydrogen-bond acceptors (Lipinski definition) is 4. The Kier molecular flexibility index (Phi) is 16.4. The summed E-state index contributed by atoms with van der Waals surface area (Å²) in [5.74, 6) is -0.959. The summed E-state index contributed by atoms with van der Waals surface area (Å²) in [6.45, 7) is 1.72. The molecule has 0 aromatic heterocycles. The zero-order valence-electron chi connectivity index (χ0n) is 15.5. The lowest BCUT2D eigenvalue weighted by atomic mass is 10.1. The normalized spacial score (nSPS) is 11.5. The van der Waals surface area contributed by atoms with Crippen LogP contribution < -0.4 is 17.2 Å². The molecule has 5 nitrogen and oxygen atoms in total. The highest BCUT2D eigenvalue weighted by Crippen LogP contribution is 2.08. The fourth-order valence-corrected chi connectivity index (χ4v) is 2.48. The summed E-state index contributed by atoms with van der Waals surface area (Å²) in [5.41, 5.74) is 17.1. The fourth-order valence-electron chi connectivity index (χ4n) is 2.48. The van der Waals surface area contributed by atoms with Gasteiger partial charge in [-0.3, -0.25) is 4.79 Å². The van der Waals surface area contributed by atoms with Gasteiger partial charge in [-0.25, -0.2) is 0 Å². The first kappa shape index (κ1) is 23.6. The number of unbranched alkanes of at least 4 members (excludes halogenated alkanes) is 8. The highest BCUT2D eigenvalue weighted by Gasteiger charge is 2.10. The summed E-state index contributed by atoms with van der Waals surface area (Å²) >= 11 is 0. The number of aliphatic carboxylic acids is 1. The summed E-state index contributed by atoms with van der Waals surface area (Å²) in [6.07, 6.45) is 12.3. The summed E-state index contributed by atoms with van der Waals surface area (Å²) in [7, 11) is 0. The molecule has 0 bridgehead atoms. The quantitative estimate of drug-likeness (QED) is 0.408. The van der Waals surface area contributed by atoms with E-state index in [0.717, 1.165) is 18.7 Å². The fraction of sp³-hybridized carbons (Fsp3) is 0.650. The molecule has 7 N–H and O–H groups in total. The molecule has 0 aliphatic heterocycles. The van der Waals surface area contributed by atoms with Gasteiger partial charge in [0.2, 0.25) is 0 Å². The lowest BCUT2D eigenvalue weighted by Crippen LogP contribution is -2.32. The minimum absolute atomic E-state index is 0.385. The van der Waals surface area contributed by atoms with Crippen molar-refractivity contribution in [2.45, 2.75) is 70.3 Å². The topological polar surface area (TPSA) is 115 Å². The van der Waals surface area contributed by atoms with Gasteiger partial charge >= 0.3 is 5.97 Å². The molecule has 0 aliphatic carbocycles. The largest absolute Gasteiger partial charge is 0.480 e. The highest BCUT2D eigenvalue weighted by molar-refractivity contribution is 5.73. The molecule has 144 valence electrons. The summed E-state index contributed by atoms with van der Waals surface area (Å²) < 4.78 is 0. The summed E-state index contributed by atoms with van der Waals surface area (Å²) in [4.78, 5) is 10.4. The van der Waals surface area contributed by atoms with Gasteiger partial charge in [0.05, 0.1) is 0 Å². The van der Waals surface area contributed by atoms with Crippen molar-refractivity contribution in [1.82, 2.24) is 0 Å². The maximum absolute atomic E-state index is 10.4. The molecule has 0 spiro atoms. The maximum Gasteiger partial charge on any atom is 0.320 e. The molecule has 1 aromatic carbocycles. The minimum Gasteiger partial charge on any atom is -0.480 e. The second-order valence-electron chi connectivity index (χ2n) is 6.39. The zero-order chi connectivity index (χ0) is 18.8. The molecule has 1 rings (SSSR count). The Labute approximate surface area is 153 Å². The average Bonchev–Trinajstić information content (AvgIpc) is 2.62. The molecule has 0 saturated heterocycles. The van der Waals surface area contributed by atoms with Crippen LogP contribution in [0.5, 0.6) is 0 Å². The van der Waals surface area contributed by atoms with Crippen LogP contribution in [0, 0.1) is 0 Å². The highest BCUT2D eigenvalue weighted by atomic mass is 16.4. The second kappa shape index (κ2) is 17.4. The van der Waals surface area contributed by atoms with Gasteiger partial charge in [-0.1, -0.05) is 75.3 Å². The van der Waals surface area contributed by atoms with Crippen LogP contribution in [0.15, 0.2) is 30.3 Å². The molecule has 25 heavy (non-hydrogen) atoms. The van der Waals surface area contributed by atoms with Crippen LogP contribution >= 0.6 is 0 Å². The van der Waals surface area contributed by atoms with E-state index < -0.39 is 12.0 Å². The third-order valence-electron chi connectivity index (χ3n) is 4.02. The predicted molar refractivity (Wildman–Crippen MR) is 105 cm³/mol. The van der Waals surface area contributed by atoms with E-state index in [1.54, 1.807) is 0 Å². The molecule has 0 aliphatic rings. The van der Waals surface area contributed by atoms with Crippen molar-refractivity contribution in [3.8, 4) is 0 Å². The molecule has 0 saturated carbocycles. The lowest BCUT2D eigenvalue weighted by molar-refractivity contribution is -0.138. The van der Waals surface area contributed by atoms with E-state index in [0.29, 0.717) is 6.42 Å². The Hall–Kier alpha value is -1.43. The van der Waals surface area contributed by atoms with Crippen LogP contribution in [-0.4, -0.2) is 30.2 Å². The molecule has 1 aromatic rings. The Morgan fingerprint density at radius 3 is 1.56 bits per heavy atom. The summed E-state index contributed by atoms with van der Waals surface area (Å²) in [5, 5.41) is 8.52.